The zero-order chi connectivity index (χ0) is 11.9. The lowest BCUT2D eigenvalue weighted by Gasteiger charge is -2.29. The van der Waals surface area contributed by atoms with Crippen LogP contribution in [0, 0.1) is 6.92 Å². The van der Waals surface area contributed by atoms with Crippen LogP contribution in [-0.2, 0) is 4.79 Å². The van der Waals surface area contributed by atoms with Crippen molar-refractivity contribution in [3.63, 3.8) is 0 Å². The summed E-state index contributed by atoms with van der Waals surface area (Å²) in [6, 6.07) is 7.16. The Labute approximate surface area is 94.2 Å². The molecule has 4 nitrogen and oxygen atoms in total. The Morgan fingerprint density at radius 2 is 1.81 bits per heavy atom. The number of carbonyl (C=O) groups is 2. The van der Waals surface area contributed by atoms with E-state index in [0.717, 1.165) is 11.3 Å². The van der Waals surface area contributed by atoms with Crippen LogP contribution in [-0.4, -0.2) is 17.5 Å². The molecule has 1 aromatic carbocycles. The van der Waals surface area contributed by atoms with E-state index in [0.29, 0.717) is 0 Å². The number of benzene rings is 1. The van der Waals surface area contributed by atoms with Gasteiger partial charge in [-0.1, -0.05) is 18.2 Å². The normalized spacial score (nSPS) is 18.8. The van der Waals surface area contributed by atoms with Crippen molar-refractivity contribution in [3.05, 3.63) is 29.8 Å². The summed E-state index contributed by atoms with van der Waals surface area (Å²) in [5, 5.41) is 2.33. The summed E-state index contributed by atoms with van der Waals surface area (Å²) >= 11 is 0. The van der Waals surface area contributed by atoms with Gasteiger partial charge in [0.2, 0.25) is 0 Å². The molecule has 2 rings (SSSR count). The quantitative estimate of drug-likeness (QED) is 0.731. The lowest BCUT2D eigenvalue weighted by Crippen LogP contribution is -2.44. The number of hydrogen-bond acceptors (Lipinski definition) is 2. The lowest BCUT2D eigenvalue weighted by atomic mass is 10.0. The van der Waals surface area contributed by atoms with Crippen molar-refractivity contribution in [1.29, 1.82) is 0 Å². The highest BCUT2D eigenvalue weighted by Gasteiger charge is 2.46. The third-order valence-corrected chi connectivity index (χ3v) is 2.89. The second-order valence-electron chi connectivity index (χ2n) is 4.44. The Balaban J connectivity index is 2.53. The van der Waals surface area contributed by atoms with Crippen molar-refractivity contribution < 1.29 is 9.59 Å². The number of nitrogens with one attached hydrogen (secondary N) is 1. The Morgan fingerprint density at radius 3 is 2.31 bits per heavy atom. The molecule has 1 N–H and O–H groups in total. The number of amides is 3. The first-order valence-electron chi connectivity index (χ1n) is 5.16. The molecule has 1 aromatic rings. The van der Waals surface area contributed by atoms with E-state index >= 15 is 0 Å². The van der Waals surface area contributed by atoms with Crippen LogP contribution in [0.1, 0.15) is 19.4 Å². The fraction of sp³-hybridized carbons (Fsp3) is 0.333. The molecule has 84 valence electrons. The van der Waals surface area contributed by atoms with Crippen LogP contribution in [0.25, 0.3) is 0 Å². The number of hydrogen-bond donors (Lipinski definition) is 1. The molecule has 0 unspecified atom stereocenters. The number of imide groups is 1. The molecule has 0 spiro atoms. The monoisotopic (exact) mass is 218 g/mol. The molecule has 16 heavy (non-hydrogen) atoms. The topological polar surface area (TPSA) is 49.4 Å². The molecule has 0 saturated carbocycles. The minimum atomic E-state index is -0.830. The van der Waals surface area contributed by atoms with E-state index in [9.17, 15) is 9.59 Å². The van der Waals surface area contributed by atoms with Crippen molar-refractivity contribution in [2.75, 3.05) is 4.90 Å². The molecule has 0 atom stereocenters. The summed E-state index contributed by atoms with van der Waals surface area (Å²) in [4.78, 5) is 24.9. The molecule has 0 aliphatic carbocycles. The second-order valence-corrected chi connectivity index (χ2v) is 4.44. The fourth-order valence-corrected chi connectivity index (χ4v) is 1.89. The van der Waals surface area contributed by atoms with E-state index in [1.807, 2.05) is 31.2 Å². The number of carbonyl (C=O) groups excluding carboxylic acids is 2. The van der Waals surface area contributed by atoms with Crippen LogP contribution in [0.2, 0.25) is 0 Å². The Hall–Kier alpha value is -1.84. The summed E-state index contributed by atoms with van der Waals surface area (Å²) < 4.78 is 0. The van der Waals surface area contributed by atoms with Gasteiger partial charge in [-0.2, -0.15) is 0 Å². The van der Waals surface area contributed by atoms with E-state index in [-0.39, 0.29) is 11.9 Å². The first-order valence-corrected chi connectivity index (χ1v) is 5.16. The van der Waals surface area contributed by atoms with Gasteiger partial charge in [-0.25, -0.2) is 4.79 Å². The van der Waals surface area contributed by atoms with Crippen LogP contribution in [0.5, 0.6) is 0 Å². The average molecular weight is 218 g/mol. The zero-order valence-electron chi connectivity index (χ0n) is 9.57. The maximum Gasteiger partial charge on any atom is 0.329 e. The Morgan fingerprint density at radius 1 is 1.19 bits per heavy atom. The summed E-state index contributed by atoms with van der Waals surface area (Å²) in [6.07, 6.45) is 0. The number of aryl methyl sites for hydroxylation is 1. The predicted octanol–water partition coefficient (Wildman–Crippen LogP) is 1.83. The van der Waals surface area contributed by atoms with Gasteiger partial charge >= 0.3 is 6.03 Å². The van der Waals surface area contributed by atoms with Crippen molar-refractivity contribution in [2.24, 2.45) is 0 Å². The number of anilines is 1. The van der Waals surface area contributed by atoms with Crippen LogP contribution >= 0.6 is 0 Å². The molecule has 1 aliphatic rings. The summed E-state index contributed by atoms with van der Waals surface area (Å²) in [5.74, 6) is -0.263. The molecule has 0 aromatic heterocycles. The molecule has 0 radical (unpaired) electrons. The molecule has 1 aliphatic heterocycles. The molecule has 4 heteroatoms. The van der Waals surface area contributed by atoms with E-state index in [2.05, 4.69) is 5.32 Å². The number of rotatable bonds is 1. The highest BCUT2D eigenvalue weighted by Crippen LogP contribution is 2.30. The predicted molar refractivity (Wildman–Crippen MR) is 61.3 cm³/mol. The van der Waals surface area contributed by atoms with Gasteiger partial charge in [0.15, 0.2) is 0 Å². The van der Waals surface area contributed by atoms with E-state index in [1.54, 1.807) is 13.8 Å². The Kier molecular flexibility index (Phi) is 2.22. The van der Waals surface area contributed by atoms with Crippen LogP contribution in [0.3, 0.4) is 0 Å². The van der Waals surface area contributed by atoms with Gasteiger partial charge < -0.3 is 0 Å². The maximum atomic E-state index is 11.7. The Bertz CT molecular complexity index is 466. The summed E-state index contributed by atoms with van der Waals surface area (Å²) in [6.45, 7) is 5.39. The molecule has 3 amide bonds. The number of para-hydroxylation sites is 1. The van der Waals surface area contributed by atoms with E-state index in [1.165, 1.54) is 4.90 Å². The van der Waals surface area contributed by atoms with Crippen molar-refractivity contribution in [2.45, 2.75) is 26.3 Å². The highest BCUT2D eigenvalue weighted by atomic mass is 16.2. The van der Waals surface area contributed by atoms with E-state index < -0.39 is 5.54 Å². The number of nitrogens with zero attached hydrogens (tertiary/aromatic N) is 1. The molecule has 1 saturated heterocycles. The average Bonchev–Trinajstić information content (AvgIpc) is 2.39. The summed E-state index contributed by atoms with van der Waals surface area (Å²) in [7, 11) is 0. The fourth-order valence-electron chi connectivity index (χ4n) is 1.89. The maximum absolute atomic E-state index is 11.7. The second kappa shape index (κ2) is 3.33. The van der Waals surface area contributed by atoms with Gasteiger partial charge in [-0.3, -0.25) is 15.0 Å². The largest absolute Gasteiger partial charge is 0.329 e. The standard InChI is InChI=1S/C12H14N2O2/c1-8-6-4-5-7-9(8)14-11(16)13-10(15)12(14,2)3/h4-7H,1-3H3,(H,13,15,16). The smallest absolute Gasteiger partial charge is 0.279 e. The highest BCUT2D eigenvalue weighted by molar-refractivity contribution is 6.16. The SMILES string of the molecule is Cc1ccccc1N1C(=O)NC(=O)C1(C)C. The molecular weight excluding hydrogens is 204 g/mol. The lowest BCUT2D eigenvalue weighted by molar-refractivity contribution is -0.122. The van der Waals surface area contributed by atoms with Crippen LogP contribution in [0.4, 0.5) is 10.5 Å². The van der Waals surface area contributed by atoms with Gasteiger partial charge in [0.1, 0.15) is 5.54 Å². The van der Waals surface area contributed by atoms with Crippen LogP contribution in [0.15, 0.2) is 24.3 Å². The molecule has 1 fully saturated rings. The van der Waals surface area contributed by atoms with E-state index in [4.69, 9.17) is 0 Å². The third kappa shape index (κ3) is 1.38. The van der Waals surface area contributed by atoms with Gasteiger partial charge in [-0.15, -0.1) is 0 Å². The first-order chi connectivity index (χ1) is 7.44. The summed E-state index contributed by atoms with van der Waals surface area (Å²) in [5.41, 5.74) is 0.916. The van der Waals surface area contributed by atoms with Gasteiger partial charge in [-0.05, 0) is 32.4 Å². The van der Waals surface area contributed by atoms with Gasteiger partial charge in [0.25, 0.3) is 5.91 Å². The zero-order valence-corrected chi connectivity index (χ0v) is 9.57. The van der Waals surface area contributed by atoms with Gasteiger partial charge in [0, 0.05) is 5.69 Å². The van der Waals surface area contributed by atoms with Crippen LogP contribution < -0.4 is 10.2 Å². The van der Waals surface area contributed by atoms with Gasteiger partial charge in [0.05, 0.1) is 0 Å². The van der Waals surface area contributed by atoms with Crippen molar-refractivity contribution in [3.8, 4) is 0 Å². The third-order valence-electron chi connectivity index (χ3n) is 2.89. The number of urea groups is 1. The minimum Gasteiger partial charge on any atom is -0.279 e. The molecule has 1 heterocycles. The van der Waals surface area contributed by atoms with Crippen molar-refractivity contribution >= 4 is 17.6 Å². The molecule has 0 bridgehead atoms. The molecular formula is C12H14N2O2. The first kappa shape index (κ1) is 10.7. The van der Waals surface area contributed by atoms with Crippen molar-refractivity contribution in [1.82, 2.24) is 5.32 Å². The minimum absolute atomic E-state index is 0.263.